The average Bonchev–Trinajstić information content (AvgIpc) is 2.60. The van der Waals surface area contributed by atoms with Crippen LogP contribution >= 0.6 is 0 Å². The number of carbonyl (C=O) groups excluding carboxylic acids is 1. The molecule has 1 aliphatic rings. The average molecular weight is 171 g/mol. The third-order valence-electron chi connectivity index (χ3n) is 1.90. The highest BCUT2D eigenvalue weighted by Gasteiger charge is 2.39. The zero-order valence-electron chi connectivity index (χ0n) is 8.18. The number of hydrogen-bond acceptors (Lipinski definition) is 2. The van der Waals surface area contributed by atoms with Gasteiger partial charge in [-0.1, -0.05) is 6.92 Å². The second kappa shape index (κ2) is 3.05. The molecule has 1 aliphatic carbocycles. The van der Waals surface area contributed by atoms with Gasteiger partial charge in [-0.15, -0.1) is 0 Å². The van der Waals surface area contributed by atoms with Gasteiger partial charge in [0.2, 0.25) is 5.91 Å². The highest BCUT2D eigenvalue weighted by molar-refractivity contribution is 5.80. The fourth-order valence-corrected chi connectivity index (χ4v) is 0.967. The van der Waals surface area contributed by atoms with Gasteiger partial charge in [0.1, 0.15) is 0 Å². The first kappa shape index (κ1) is 9.52. The Balaban J connectivity index is 2.20. The summed E-state index contributed by atoms with van der Waals surface area (Å²) in [7, 11) is 0. The molecule has 1 rings (SSSR count). The molecule has 1 N–H and O–H groups in total. The molecule has 0 aliphatic heterocycles. The van der Waals surface area contributed by atoms with Gasteiger partial charge in [-0.05, 0) is 33.1 Å². The summed E-state index contributed by atoms with van der Waals surface area (Å²) >= 11 is 0. The van der Waals surface area contributed by atoms with Crippen molar-refractivity contribution in [1.82, 2.24) is 5.48 Å². The Morgan fingerprint density at radius 1 is 1.50 bits per heavy atom. The van der Waals surface area contributed by atoms with Crippen molar-refractivity contribution in [2.75, 3.05) is 0 Å². The Morgan fingerprint density at radius 2 is 2.00 bits per heavy atom. The van der Waals surface area contributed by atoms with E-state index in [2.05, 4.69) is 12.4 Å². The van der Waals surface area contributed by atoms with Crippen molar-refractivity contribution in [3.05, 3.63) is 0 Å². The van der Waals surface area contributed by atoms with Crippen LogP contribution in [0.3, 0.4) is 0 Å². The van der Waals surface area contributed by atoms with Crippen LogP contribution in [0.25, 0.3) is 0 Å². The summed E-state index contributed by atoms with van der Waals surface area (Å²) in [6.07, 6.45) is 0.999. The highest BCUT2D eigenvalue weighted by Crippen LogP contribution is 2.37. The fraction of sp³-hybridized carbons (Fsp3) is 0.889. The molecule has 1 saturated carbocycles. The van der Waals surface area contributed by atoms with Gasteiger partial charge in [-0.25, -0.2) is 5.48 Å². The molecule has 0 heterocycles. The zero-order chi connectivity index (χ0) is 9.35. The van der Waals surface area contributed by atoms with Crippen LogP contribution in [-0.4, -0.2) is 11.5 Å². The summed E-state index contributed by atoms with van der Waals surface area (Å²) in [5.41, 5.74) is 2.18. The van der Waals surface area contributed by atoms with Gasteiger partial charge >= 0.3 is 0 Å². The monoisotopic (exact) mass is 171 g/mol. The van der Waals surface area contributed by atoms with Crippen LogP contribution in [0.4, 0.5) is 0 Å². The van der Waals surface area contributed by atoms with Gasteiger partial charge in [0.25, 0.3) is 0 Å². The molecule has 1 amide bonds. The number of carbonyl (C=O) groups is 1. The first-order chi connectivity index (χ1) is 5.40. The molecule has 1 fully saturated rings. The molecule has 0 saturated heterocycles. The summed E-state index contributed by atoms with van der Waals surface area (Å²) in [5, 5.41) is 0. The summed E-state index contributed by atoms with van der Waals surface area (Å²) in [6.45, 7) is 7.79. The molecule has 2 atom stereocenters. The largest absolute Gasteiger partial charge is 0.272 e. The standard InChI is InChI=1S/C9H17NO2/c1-6-5-7(6)8(11)10-12-9(2,3)4/h6-7H,5H2,1-4H3,(H,10,11). The maximum atomic E-state index is 11.2. The van der Waals surface area contributed by atoms with E-state index < -0.39 is 0 Å². The second-order valence-corrected chi connectivity index (χ2v) is 4.50. The van der Waals surface area contributed by atoms with Crippen LogP contribution in [-0.2, 0) is 9.63 Å². The van der Waals surface area contributed by atoms with E-state index >= 15 is 0 Å². The van der Waals surface area contributed by atoms with Crippen LogP contribution in [0.1, 0.15) is 34.1 Å². The molecule has 12 heavy (non-hydrogen) atoms. The number of amides is 1. The van der Waals surface area contributed by atoms with Crippen LogP contribution in [0.5, 0.6) is 0 Å². The summed E-state index contributed by atoms with van der Waals surface area (Å²) in [6, 6.07) is 0. The molecule has 3 heteroatoms. The van der Waals surface area contributed by atoms with Crippen LogP contribution in [0.15, 0.2) is 0 Å². The van der Waals surface area contributed by atoms with E-state index in [9.17, 15) is 4.79 Å². The Kier molecular flexibility index (Phi) is 2.42. The first-order valence-corrected chi connectivity index (χ1v) is 4.38. The van der Waals surface area contributed by atoms with E-state index in [1.807, 2.05) is 20.8 Å². The van der Waals surface area contributed by atoms with Crippen molar-refractivity contribution in [2.45, 2.75) is 39.7 Å². The molecule has 0 aromatic carbocycles. The lowest BCUT2D eigenvalue weighted by Crippen LogP contribution is -2.34. The Morgan fingerprint density at radius 3 is 2.33 bits per heavy atom. The van der Waals surface area contributed by atoms with Gasteiger partial charge in [0.15, 0.2) is 0 Å². The first-order valence-electron chi connectivity index (χ1n) is 4.38. The lowest BCUT2D eigenvalue weighted by atomic mass is 10.2. The minimum Gasteiger partial charge on any atom is -0.272 e. The molecule has 0 spiro atoms. The van der Waals surface area contributed by atoms with E-state index in [4.69, 9.17) is 4.84 Å². The van der Waals surface area contributed by atoms with Crippen molar-refractivity contribution < 1.29 is 9.63 Å². The SMILES string of the molecule is CC1CC1C(=O)NOC(C)(C)C. The predicted molar refractivity (Wildman–Crippen MR) is 46.3 cm³/mol. The van der Waals surface area contributed by atoms with Crippen molar-refractivity contribution in [1.29, 1.82) is 0 Å². The number of hydroxylamine groups is 1. The maximum absolute atomic E-state index is 11.2. The van der Waals surface area contributed by atoms with Crippen molar-refractivity contribution in [3.8, 4) is 0 Å². The van der Waals surface area contributed by atoms with E-state index in [1.165, 1.54) is 0 Å². The number of nitrogens with one attached hydrogen (secondary N) is 1. The molecular formula is C9H17NO2. The van der Waals surface area contributed by atoms with Gasteiger partial charge in [0, 0.05) is 5.92 Å². The van der Waals surface area contributed by atoms with Crippen LogP contribution in [0.2, 0.25) is 0 Å². The Bertz CT molecular complexity index is 183. The molecule has 0 bridgehead atoms. The fourth-order valence-electron chi connectivity index (χ4n) is 0.967. The molecular weight excluding hydrogens is 154 g/mol. The van der Waals surface area contributed by atoms with E-state index in [-0.39, 0.29) is 17.4 Å². The topological polar surface area (TPSA) is 38.3 Å². The lowest BCUT2D eigenvalue weighted by Gasteiger charge is -2.18. The van der Waals surface area contributed by atoms with Crippen LogP contribution in [0, 0.1) is 11.8 Å². The molecule has 2 unspecified atom stereocenters. The van der Waals surface area contributed by atoms with E-state index in [1.54, 1.807) is 0 Å². The molecule has 0 radical (unpaired) electrons. The Hall–Kier alpha value is -0.570. The van der Waals surface area contributed by atoms with Crippen molar-refractivity contribution in [3.63, 3.8) is 0 Å². The minimum atomic E-state index is -0.298. The smallest absolute Gasteiger partial charge is 0.246 e. The van der Waals surface area contributed by atoms with Gasteiger partial charge in [-0.2, -0.15) is 0 Å². The van der Waals surface area contributed by atoms with Crippen molar-refractivity contribution in [2.24, 2.45) is 11.8 Å². The summed E-state index contributed by atoms with van der Waals surface area (Å²) in [4.78, 5) is 16.4. The van der Waals surface area contributed by atoms with E-state index in [0.29, 0.717) is 5.92 Å². The number of hydrogen-bond donors (Lipinski definition) is 1. The van der Waals surface area contributed by atoms with Gasteiger partial charge in [0.05, 0.1) is 5.60 Å². The van der Waals surface area contributed by atoms with Gasteiger partial charge in [-0.3, -0.25) is 9.63 Å². The van der Waals surface area contributed by atoms with E-state index in [0.717, 1.165) is 6.42 Å². The lowest BCUT2D eigenvalue weighted by molar-refractivity contribution is -0.147. The second-order valence-electron chi connectivity index (χ2n) is 4.50. The summed E-state index contributed by atoms with van der Waals surface area (Å²) in [5.74, 6) is 0.748. The summed E-state index contributed by atoms with van der Waals surface area (Å²) < 4.78 is 0. The van der Waals surface area contributed by atoms with Gasteiger partial charge < -0.3 is 0 Å². The molecule has 0 aromatic rings. The number of rotatable bonds is 2. The van der Waals surface area contributed by atoms with Crippen molar-refractivity contribution >= 4 is 5.91 Å². The predicted octanol–water partition coefficient (Wildman–Crippen LogP) is 1.49. The zero-order valence-corrected chi connectivity index (χ0v) is 8.18. The maximum Gasteiger partial charge on any atom is 0.246 e. The minimum absolute atomic E-state index is 0.0254. The molecule has 0 aromatic heterocycles. The highest BCUT2D eigenvalue weighted by atomic mass is 16.7. The third-order valence-corrected chi connectivity index (χ3v) is 1.90. The molecule has 3 nitrogen and oxygen atoms in total. The normalized spacial score (nSPS) is 28.3. The molecule has 70 valence electrons. The van der Waals surface area contributed by atoms with Crippen LogP contribution < -0.4 is 5.48 Å². The third kappa shape index (κ3) is 2.81. The Labute approximate surface area is 73.4 Å². The quantitative estimate of drug-likeness (QED) is 0.639.